The van der Waals surface area contributed by atoms with E-state index in [1.165, 1.54) is 12.8 Å². The maximum atomic E-state index is 11.9. The molecule has 1 saturated carbocycles. The van der Waals surface area contributed by atoms with E-state index < -0.39 is 0 Å². The molecule has 1 amide bonds. The molecule has 1 heterocycles. The average Bonchev–Trinajstić information content (AvgIpc) is 2.90. The topological polar surface area (TPSA) is 50.4 Å². The van der Waals surface area contributed by atoms with Gasteiger partial charge < -0.3 is 15.4 Å². The summed E-state index contributed by atoms with van der Waals surface area (Å²) in [6, 6.07) is 0.660. The molecule has 0 bridgehead atoms. The van der Waals surface area contributed by atoms with Crippen molar-refractivity contribution in [1.29, 1.82) is 0 Å². The molecule has 2 aliphatic rings. The fraction of sp³-hybridized carbons (Fsp3) is 0.917. The van der Waals surface area contributed by atoms with Gasteiger partial charge in [-0.05, 0) is 26.2 Å². The minimum absolute atomic E-state index is 0.104. The highest BCUT2D eigenvalue weighted by Gasteiger charge is 2.23. The van der Waals surface area contributed by atoms with Crippen molar-refractivity contribution in [3.05, 3.63) is 0 Å². The largest absolute Gasteiger partial charge is 0.380 e. The van der Waals surface area contributed by atoms with Crippen molar-refractivity contribution in [2.45, 2.75) is 57.2 Å². The van der Waals surface area contributed by atoms with Crippen LogP contribution < -0.4 is 10.6 Å². The Hall–Kier alpha value is -0.610. The predicted octanol–water partition coefficient (Wildman–Crippen LogP) is 0.812. The summed E-state index contributed by atoms with van der Waals surface area (Å²) in [5, 5.41) is 6.43. The van der Waals surface area contributed by atoms with Gasteiger partial charge in [0.05, 0.1) is 12.6 Å². The third kappa shape index (κ3) is 3.19. The number of carbonyl (C=O) groups is 1. The van der Waals surface area contributed by atoms with Gasteiger partial charge in [0, 0.05) is 18.7 Å². The van der Waals surface area contributed by atoms with Crippen molar-refractivity contribution < 1.29 is 9.53 Å². The lowest BCUT2D eigenvalue weighted by Gasteiger charge is -2.20. The summed E-state index contributed by atoms with van der Waals surface area (Å²) in [5.41, 5.74) is 0. The van der Waals surface area contributed by atoms with Crippen LogP contribution in [0.25, 0.3) is 0 Å². The van der Waals surface area contributed by atoms with Crippen molar-refractivity contribution in [2.75, 3.05) is 13.2 Å². The lowest BCUT2D eigenvalue weighted by molar-refractivity contribution is -0.123. The smallest absolute Gasteiger partial charge is 0.237 e. The summed E-state index contributed by atoms with van der Waals surface area (Å²) in [5.74, 6) is 0.138. The highest BCUT2D eigenvalue weighted by Crippen LogP contribution is 2.17. The molecule has 2 N–H and O–H groups in total. The van der Waals surface area contributed by atoms with Gasteiger partial charge >= 0.3 is 0 Å². The lowest BCUT2D eigenvalue weighted by atomic mass is 10.2. The summed E-state index contributed by atoms with van der Waals surface area (Å²) in [6.45, 7) is 3.48. The van der Waals surface area contributed by atoms with Crippen LogP contribution in [0, 0.1) is 0 Å². The zero-order chi connectivity index (χ0) is 11.4. The van der Waals surface area contributed by atoms with E-state index in [1.807, 2.05) is 6.92 Å². The first-order chi connectivity index (χ1) is 7.75. The van der Waals surface area contributed by atoms with Gasteiger partial charge in [-0.2, -0.15) is 0 Å². The molecule has 4 nitrogen and oxygen atoms in total. The lowest BCUT2D eigenvalue weighted by Crippen LogP contribution is -2.49. The van der Waals surface area contributed by atoms with Gasteiger partial charge in [0.1, 0.15) is 0 Å². The normalized spacial score (nSPS) is 28.2. The zero-order valence-electron chi connectivity index (χ0n) is 10.00. The molecule has 1 aliphatic carbocycles. The quantitative estimate of drug-likeness (QED) is 0.746. The summed E-state index contributed by atoms with van der Waals surface area (Å²) < 4.78 is 5.28. The van der Waals surface area contributed by atoms with Crippen LogP contribution in [0.5, 0.6) is 0 Å². The first kappa shape index (κ1) is 11.9. The van der Waals surface area contributed by atoms with Crippen molar-refractivity contribution >= 4 is 5.91 Å². The van der Waals surface area contributed by atoms with Gasteiger partial charge in [-0.3, -0.25) is 4.79 Å². The molecule has 16 heavy (non-hydrogen) atoms. The van der Waals surface area contributed by atoms with Crippen molar-refractivity contribution in [1.82, 2.24) is 10.6 Å². The second-order valence-electron chi connectivity index (χ2n) is 4.94. The molecule has 1 aliphatic heterocycles. The SMILES string of the molecule is CC(NC1CCOC1)C(=O)NC1CCCC1. The van der Waals surface area contributed by atoms with E-state index in [-0.39, 0.29) is 11.9 Å². The highest BCUT2D eigenvalue weighted by molar-refractivity contribution is 5.81. The predicted molar refractivity (Wildman–Crippen MR) is 62.2 cm³/mol. The van der Waals surface area contributed by atoms with Gasteiger partial charge in [0.15, 0.2) is 0 Å². The Morgan fingerprint density at radius 1 is 1.25 bits per heavy atom. The fourth-order valence-corrected chi connectivity index (χ4v) is 2.49. The van der Waals surface area contributed by atoms with E-state index in [0.29, 0.717) is 12.1 Å². The molecule has 0 aromatic rings. The molecule has 0 aromatic carbocycles. The maximum absolute atomic E-state index is 11.9. The number of hydrogen-bond donors (Lipinski definition) is 2. The van der Waals surface area contributed by atoms with Gasteiger partial charge in [0.2, 0.25) is 5.91 Å². The van der Waals surface area contributed by atoms with E-state index in [2.05, 4.69) is 10.6 Å². The van der Waals surface area contributed by atoms with Crippen LogP contribution in [0.1, 0.15) is 39.0 Å². The summed E-state index contributed by atoms with van der Waals surface area (Å²) in [4.78, 5) is 11.9. The number of rotatable bonds is 4. The Morgan fingerprint density at radius 3 is 2.62 bits per heavy atom. The minimum atomic E-state index is -0.104. The van der Waals surface area contributed by atoms with Crippen LogP contribution in [0.15, 0.2) is 0 Å². The molecule has 1 saturated heterocycles. The van der Waals surface area contributed by atoms with Crippen molar-refractivity contribution in [3.8, 4) is 0 Å². The molecule has 4 heteroatoms. The Kier molecular flexibility index (Phi) is 4.18. The average molecular weight is 226 g/mol. The molecule has 92 valence electrons. The summed E-state index contributed by atoms with van der Waals surface area (Å²) in [7, 11) is 0. The van der Waals surface area contributed by atoms with Gasteiger partial charge in [-0.25, -0.2) is 0 Å². The third-order valence-electron chi connectivity index (χ3n) is 3.51. The summed E-state index contributed by atoms with van der Waals surface area (Å²) in [6.07, 6.45) is 5.81. The highest BCUT2D eigenvalue weighted by atomic mass is 16.5. The van der Waals surface area contributed by atoms with Crippen molar-refractivity contribution in [3.63, 3.8) is 0 Å². The molecular formula is C12H22N2O2. The minimum Gasteiger partial charge on any atom is -0.380 e. The monoisotopic (exact) mass is 226 g/mol. The second kappa shape index (κ2) is 5.64. The van der Waals surface area contributed by atoms with Crippen LogP contribution in [0.2, 0.25) is 0 Å². The Balaban J connectivity index is 1.70. The Morgan fingerprint density at radius 2 is 2.00 bits per heavy atom. The Labute approximate surface area is 97.1 Å². The molecule has 2 rings (SSSR count). The van der Waals surface area contributed by atoms with Gasteiger partial charge in [-0.15, -0.1) is 0 Å². The first-order valence-corrected chi connectivity index (χ1v) is 6.40. The summed E-state index contributed by atoms with van der Waals surface area (Å²) >= 11 is 0. The van der Waals surface area contributed by atoms with Crippen LogP contribution in [-0.4, -0.2) is 37.2 Å². The number of amides is 1. The zero-order valence-corrected chi connectivity index (χ0v) is 10.00. The Bertz CT molecular complexity index is 233. The molecule has 2 atom stereocenters. The number of carbonyl (C=O) groups excluding carboxylic acids is 1. The fourth-order valence-electron chi connectivity index (χ4n) is 2.49. The molecule has 2 fully saturated rings. The van der Waals surface area contributed by atoms with E-state index in [4.69, 9.17) is 4.74 Å². The van der Waals surface area contributed by atoms with Gasteiger partial charge in [-0.1, -0.05) is 12.8 Å². The van der Waals surface area contributed by atoms with E-state index in [0.717, 1.165) is 32.5 Å². The number of ether oxygens (including phenoxy) is 1. The molecule has 0 aromatic heterocycles. The first-order valence-electron chi connectivity index (χ1n) is 6.40. The van der Waals surface area contributed by atoms with Crippen molar-refractivity contribution in [2.24, 2.45) is 0 Å². The molecular weight excluding hydrogens is 204 g/mol. The molecule has 0 radical (unpaired) electrons. The van der Waals surface area contributed by atoms with Gasteiger partial charge in [0.25, 0.3) is 0 Å². The third-order valence-corrected chi connectivity index (χ3v) is 3.51. The van der Waals surface area contributed by atoms with Crippen LogP contribution in [0.3, 0.4) is 0 Å². The molecule has 0 spiro atoms. The number of nitrogens with one attached hydrogen (secondary N) is 2. The number of hydrogen-bond acceptors (Lipinski definition) is 3. The van der Waals surface area contributed by atoms with Crippen LogP contribution in [-0.2, 0) is 9.53 Å². The van der Waals surface area contributed by atoms with E-state index in [1.54, 1.807) is 0 Å². The molecule has 2 unspecified atom stereocenters. The van der Waals surface area contributed by atoms with E-state index >= 15 is 0 Å². The maximum Gasteiger partial charge on any atom is 0.237 e. The van der Waals surface area contributed by atoms with E-state index in [9.17, 15) is 4.79 Å². The van der Waals surface area contributed by atoms with Crippen LogP contribution >= 0.6 is 0 Å². The standard InChI is InChI=1S/C12H22N2O2/c1-9(13-11-6-7-16-8-11)12(15)14-10-4-2-3-5-10/h9-11,13H,2-8H2,1H3,(H,14,15). The van der Waals surface area contributed by atoms with Crippen LogP contribution in [0.4, 0.5) is 0 Å². The second-order valence-corrected chi connectivity index (χ2v) is 4.94.